The lowest BCUT2D eigenvalue weighted by Crippen LogP contribution is -2.32. The zero-order valence-electron chi connectivity index (χ0n) is 14.1. The number of hydrogen-bond acceptors (Lipinski definition) is 4. The Hall–Kier alpha value is -2.53. The Kier molecular flexibility index (Phi) is 7.11. The van der Waals surface area contributed by atoms with Crippen LogP contribution in [-0.2, 0) is 4.79 Å². The highest BCUT2D eigenvalue weighted by Gasteiger charge is 2.03. The van der Waals surface area contributed by atoms with Crippen molar-refractivity contribution in [1.82, 2.24) is 5.32 Å². The third-order valence-electron chi connectivity index (χ3n) is 3.17. The normalized spacial score (nSPS) is 10.5. The molecule has 2 rings (SSSR count). The average Bonchev–Trinajstić information content (AvgIpc) is 2.59. The van der Waals surface area contributed by atoms with E-state index in [9.17, 15) is 4.79 Å². The summed E-state index contributed by atoms with van der Waals surface area (Å²) in [5.74, 6) is 1.51. The fourth-order valence-electron chi connectivity index (χ4n) is 1.97. The molecule has 0 spiro atoms. The number of ether oxygens (including phenoxy) is 2. The van der Waals surface area contributed by atoms with Crippen LogP contribution >= 0.6 is 0 Å². The van der Waals surface area contributed by atoms with E-state index >= 15 is 0 Å². The molecule has 0 unspecified atom stereocenters. The van der Waals surface area contributed by atoms with Gasteiger partial charge in [-0.05, 0) is 36.4 Å². The van der Waals surface area contributed by atoms with Crippen molar-refractivity contribution < 1.29 is 14.3 Å². The average molecular weight is 328 g/mol. The molecule has 0 aliphatic carbocycles. The molecule has 0 bridgehead atoms. The molecule has 0 aromatic heterocycles. The molecule has 5 nitrogen and oxygen atoms in total. The fourth-order valence-corrected chi connectivity index (χ4v) is 1.97. The van der Waals surface area contributed by atoms with Gasteiger partial charge in [-0.15, -0.1) is 0 Å². The summed E-state index contributed by atoms with van der Waals surface area (Å²) in [4.78, 5) is 11.7. The van der Waals surface area contributed by atoms with E-state index in [0.717, 1.165) is 17.2 Å². The van der Waals surface area contributed by atoms with Crippen molar-refractivity contribution in [3.05, 3.63) is 54.6 Å². The van der Waals surface area contributed by atoms with Crippen molar-refractivity contribution in [2.75, 3.05) is 25.1 Å². The highest BCUT2D eigenvalue weighted by Crippen LogP contribution is 2.15. The second-order valence-corrected chi connectivity index (χ2v) is 5.62. The van der Waals surface area contributed by atoms with E-state index in [4.69, 9.17) is 9.47 Å². The predicted molar refractivity (Wildman–Crippen MR) is 95.6 cm³/mol. The number of carbonyl (C=O) groups is 1. The first kappa shape index (κ1) is 17.8. The summed E-state index contributed by atoms with van der Waals surface area (Å²) in [6.07, 6.45) is 0. The number of amides is 1. The largest absolute Gasteiger partial charge is 0.490 e. The summed E-state index contributed by atoms with van der Waals surface area (Å²) in [5.41, 5.74) is 0.749. The summed E-state index contributed by atoms with van der Waals surface area (Å²) >= 11 is 0. The van der Waals surface area contributed by atoms with Crippen LogP contribution in [-0.4, -0.2) is 31.7 Å². The van der Waals surface area contributed by atoms with Gasteiger partial charge in [0.2, 0.25) is 5.91 Å². The number of benzene rings is 2. The fraction of sp³-hybridized carbons (Fsp3) is 0.316. The van der Waals surface area contributed by atoms with Gasteiger partial charge in [0, 0.05) is 11.7 Å². The Morgan fingerprint density at radius 1 is 0.917 bits per heavy atom. The second kappa shape index (κ2) is 9.57. The molecule has 0 atom stereocenters. The summed E-state index contributed by atoms with van der Waals surface area (Å²) in [6.45, 7) is 5.23. The zero-order chi connectivity index (χ0) is 17.2. The molecule has 128 valence electrons. The smallest absolute Gasteiger partial charge is 0.238 e. The van der Waals surface area contributed by atoms with Gasteiger partial charge >= 0.3 is 0 Å². The number of carbonyl (C=O) groups excluding carboxylic acids is 1. The Balaban J connectivity index is 1.69. The molecule has 0 aliphatic heterocycles. The van der Waals surface area contributed by atoms with Gasteiger partial charge in [0.15, 0.2) is 0 Å². The number of para-hydroxylation sites is 1. The van der Waals surface area contributed by atoms with Gasteiger partial charge in [-0.2, -0.15) is 0 Å². The van der Waals surface area contributed by atoms with Crippen LogP contribution in [0.15, 0.2) is 54.6 Å². The maximum Gasteiger partial charge on any atom is 0.238 e. The molecule has 0 radical (unpaired) electrons. The van der Waals surface area contributed by atoms with Crippen molar-refractivity contribution >= 4 is 11.6 Å². The first-order chi connectivity index (χ1) is 11.6. The van der Waals surface area contributed by atoms with Gasteiger partial charge in [-0.1, -0.05) is 32.0 Å². The Morgan fingerprint density at radius 3 is 2.08 bits per heavy atom. The molecule has 0 fully saturated rings. The molecular weight excluding hydrogens is 304 g/mol. The maximum absolute atomic E-state index is 11.7. The number of nitrogens with one attached hydrogen (secondary N) is 2. The quantitative estimate of drug-likeness (QED) is 0.695. The van der Waals surface area contributed by atoms with Gasteiger partial charge in [0.05, 0.1) is 6.54 Å². The van der Waals surface area contributed by atoms with Crippen molar-refractivity contribution in [3.63, 3.8) is 0 Å². The SMILES string of the molecule is CC(C)NCC(=O)Nc1ccc(OCCOc2ccccc2)cc1. The predicted octanol–water partition coefficient (Wildman–Crippen LogP) is 3.08. The molecule has 2 N–H and O–H groups in total. The number of rotatable bonds is 9. The van der Waals surface area contributed by atoms with Crippen molar-refractivity contribution in [1.29, 1.82) is 0 Å². The molecule has 1 amide bonds. The molecule has 24 heavy (non-hydrogen) atoms. The van der Waals surface area contributed by atoms with Crippen molar-refractivity contribution in [2.24, 2.45) is 0 Å². The zero-order valence-corrected chi connectivity index (χ0v) is 14.1. The van der Waals surface area contributed by atoms with Gasteiger partial charge in [0.1, 0.15) is 24.7 Å². The molecule has 0 heterocycles. The van der Waals surface area contributed by atoms with E-state index < -0.39 is 0 Å². The van der Waals surface area contributed by atoms with Gasteiger partial charge in [0.25, 0.3) is 0 Å². The molecule has 2 aromatic rings. The van der Waals surface area contributed by atoms with Crippen LogP contribution in [0.25, 0.3) is 0 Å². The van der Waals surface area contributed by atoms with Crippen LogP contribution in [0.4, 0.5) is 5.69 Å². The van der Waals surface area contributed by atoms with Crippen LogP contribution in [0.3, 0.4) is 0 Å². The van der Waals surface area contributed by atoms with Crippen molar-refractivity contribution in [2.45, 2.75) is 19.9 Å². The van der Waals surface area contributed by atoms with E-state index in [1.807, 2.05) is 68.4 Å². The minimum absolute atomic E-state index is 0.0615. The molecule has 0 saturated carbocycles. The third kappa shape index (κ3) is 6.71. The summed E-state index contributed by atoms with van der Waals surface area (Å²) in [7, 11) is 0. The molecule has 5 heteroatoms. The second-order valence-electron chi connectivity index (χ2n) is 5.62. The lowest BCUT2D eigenvalue weighted by atomic mass is 10.3. The highest BCUT2D eigenvalue weighted by molar-refractivity contribution is 5.92. The number of hydrogen-bond donors (Lipinski definition) is 2. The van der Waals surface area contributed by atoms with Crippen LogP contribution < -0.4 is 20.1 Å². The van der Waals surface area contributed by atoms with Crippen molar-refractivity contribution in [3.8, 4) is 11.5 Å². The summed E-state index contributed by atoms with van der Waals surface area (Å²) in [5, 5.41) is 5.91. The monoisotopic (exact) mass is 328 g/mol. The minimum Gasteiger partial charge on any atom is -0.490 e. The standard InChI is InChI=1S/C19H24N2O3/c1-15(2)20-14-19(22)21-16-8-10-18(11-9-16)24-13-12-23-17-6-4-3-5-7-17/h3-11,15,20H,12-14H2,1-2H3,(H,21,22). The first-order valence-corrected chi connectivity index (χ1v) is 8.07. The third-order valence-corrected chi connectivity index (χ3v) is 3.17. The lowest BCUT2D eigenvalue weighted by molar-refractivity contribution is -0.115. The van der Waals surface area contributed by atoms with Gasteiger partial charge in [-0.25, -0.2) is 0 Å². The van der Waals surface area contributed by atoms with Crippen LogP contribution in [0.2, 0.25) is 0 Å². The summed E-state index contributed by atoms with van der Waals surface area (Å²) < 4.78 is 11.2. The van der Waals surface area contributed by atoms with Gasteiger partial charge in [-0.3, -0.25) is 4.79 Å². The highest BCUT2D eigenvalue weighted by atomic mass is 16.5. The molecular formula is C19H24N2O3. The van der Waals surface area contributed by atoms with E-state index in [-0.39, 0.29) is 11.9 Å². The topological polar surface area (TPSA) is 59.6 Å². The van der Waals surface area contributed by atoms with E-state index in [1.54, 1.807) is 0 Å². The first-order valence-electron chi connectivity index (χ1n) is 8.07. The minimum atomic E-state index is -0.0615. The lowest BCUT2D eigenvalue weighted by Gasteiger charge is -2.10. The van der Waals surface area contributed by atoms with Crippen LogP contribution in [0.5, 0.6) is 11.5 Å². The van der Waals surface area contributed by atoms with E-state index in [2.05, 4.69) is 10.6 Å². The van der Waals surface area contributed by atoms with E-state index in [0.29, 0.717) is 19.8 Å². The molecule has 0 aliphatic rings. The van der Waals surface area contributed by atoms with Crippen LogP contribution in [0, 0.1) is 0 Å². The van der Waals surface area contributed by atoms with Gasteiger partial charge < -0.3 is 20.1 Å². The maximum atomic E-state index is 11.7. The molecule has 2 aromatic carbocycles. The van der Waals surface area contributed by atoms with Crippen LogP contribution in [0.1, 0.15) is 13.8 Å². The Labute approximate surface area is 143 Å². The van der Waals surface area contributed by atoms with E-state index in [1.165, 1.54) is 0 Å². The summed E-state index contributed by atoms with van der Waals surface area (Å²) in [6, 6.07) is 17.2. The number of anilines is 1. The Morgan fingerprint density at radius 2 is 1.50 bits per heavy atom. The Bertz CT molecular complexity index is 612. The molecule has 0 saturated heterocycles.